The molecule has 1 N–H and O–H groups in total. The van der Waals surface area contributed by atoms with Gasteiger partial charge in [0.1, 0.15) is 6.33 Å². The molecule has 0 saturated heterocycles. The fourth-order valence-corrected chi connectivity index (χ4v) is 1.75. The minimum atomic E-state index is -0.425. The molecule has 0 unspecified atom stereocenters. The molecule has 0 atom stereocenters. The van der Waals surface area contributed by atoms with E-state index >= 15 is 0 Å². The second-order valence-electron chi connectivity index (χ2n) is 3.76. The number of anilines is 2. The van der Waals surface area contributed by atoms with Gasteiger partial charge in [0.25, 0.3) is 0 Å². The summed E-state index contributed by atoms with van der Waals surface area (Å²) in [7, 11) is 0. The highest BCUT2D eigenvalue weighted by atomic mass is 16.6. The smallest absolute Gasteiger partial charge is 0.353 e. The molecular weight excluding hydrogens is 234 g/mol. The van der Waals surface area contributed by atoms with Gasteiger partial charge in [-0.05, 0) is 20.3 Å². The Morgan fingerprint density at radius 1 is 1.39 bits per heavy atom. The summed E-state index contributed by atoms with van der Waals surface area (Å²) < 4.78 is 0. The summed E-state index contributed by atoms with van der Waals surface area (Å²) in [4.78, 5) is 20.7. The Labute approximate surface area is 106 Å². The van der Waals surface area contributed by atoms with E-state index in [0.29, 0.717) is 18.9 Å². The first kappa shape index (κ1) is 14.1. The van der Waals surface area contributed by atoms with E-state index in [1.54, 1.807) is 0 Å². The molecular formula is C11H19N5O2. The molecule has 100 valence electrons. The summed E-state index contributed by atoms with van der Waals surface area (Å²) in [5.41, 5.74) is -0.0466. The number of nitrogens with one attached hydrogen (secondary N) is 1. The van der Waals surface area contributed by atoms with Gasteiger partial charge in [-0.3, -0.25) is 10.1 Å². The molecule has 1 heterocycles. The van der Waals surface area contributed by atoms with Gasteiger partial charge < -0.3 is 10.2 Å². The monoisotopic (exact) mass is 253 g/mol. The first-order chi connectivity index (χ1) is 8.65. The second kappa shape index (κ2) is 6.73. The highest BCUT2D eigenvalue weighted by molar-refractivity contribution is 5.70. The molecule has 0 spiro atoms. The van der Waals surface area contributed by atoms with Crippen molar-refractivity contribution in [2.45, 2.75) is 27.2 Å². The van der Waals surface area contributed by atoms with Gasteiger partial charge in [0.15, 0.2) is 0 Å². The van der Waals surface area contributed by atoms with Crippen LogP contribution in [0.3, 0.4) is 0 Å². The molecule has 18 heavy (non-hydrogen) atoms. The Hall–Kier alpha value is -1.92. The Balaban J connectivity index is 3.24. The summed E-state index contributed by atoms with van der Waals surface area (Å²) in [5, 5.41) is 14.1. The van der Waals surface area contributed by atoms with Crippen LogP contribution in [0.2, 0.25) is 0 Å². The quantitative estimate of drug-likeness (QED) is 0.591. The number of hydrogen-bond acceptors (Lipinski definition) is 6. The lowest BCUT2D eigenvalue weighted by Crippen LogP contribution is -2.26. The third-order valence-electron chi connectivity index (χ3n) is 2.50. The molecule has 0 aliphatic heterocycles. The van der Waals surface area contributed by atoms with Crippen molar-refractivity contribution >= 4 is 17.3 Å². The Morgan fingerprint density at radius 2 is 2.11 bits per heavy atom. The summed E-state index contributed by atoms with van der Waals surface area (Å²) in [6.45, 7) is 7.85. The lowest BCUT2D eigenvalue weighted by molar-refractivity contribution is -0.383. The molecule has 1 rings (SSSR count). The van der Waals surface area contributed by atoms with E-state index in [-0.39, 0.29) is 11.5 Å². The number of nitro groups is 1. The lowest BCUT2D eigenvalue weighted by Gasteiger charge is -2.21. The molecule has 0 aliphatic carbocycles. The molecule has 0 bridgehead atoms. The van der Waals surface area contributed by atoms with Crippen LogP contribution in [0.1, 0.15) is 27.2 Å². The predicted octanol–water partition coefficient (Wildman–Crippen LogP) is 2.05. The van der Waals surface area contributed by atoms with Crippen LogP contribution < -0.4 is 10.2 Å². The van der Waals surface area contributed by atoms with Crippen molar-refractivity contribution in [3.05, 3.63) is 16.4 Å². The van der Waals surface area contributed by atoms with Crippen LogP contribution in [0.25, 0.3) is 0 Å². The van der Waals surface area contributed by atoms with E-state index in [9.17, 15) is 10.1 Å². The number of hydrogen-bond donors (Lipinski definition) is 1. The van der Waals surface area contributed by atoms with Crippen molar-refractivity contribution in [3.63, 3.8) is 0 Å². The maximum absolute atomic E-state index is 11.2. The maximum Gasteiger partial charge on any atom is 0.353 e. The third kappa shape index (κ3) is 3.06. The molecule has 0 saturated carbocycles. The van der Waals surface area contributed by atoms with E-state index in [1.165, 1.54) is 6.33 Å². The SMILES string of the molecule is CCCN(CC)c1ncnc(NCC)c1[N+](=O)[O-]. The van der Waals surface area contributed by atoms with Crippen molar-refractivity contribution < 1.29 is 4.92 Å². The Bertz CT molecular complexity index is 410. The Morgan fingerprint density at radius 3 is 2.61 bits per heavy atom. The highest BCUT2D eigenvalue weighted by Gasteiger charge is 2.25. The molecule has 1 aromatic heterocycles. The summed E-state index contributed by atoms with van der Waals surface area (Å²) in [5.74, 6) is 0.664. The van der Waals surface area contributed by atoms with E-state index in [2.05, 4.69) is 15.3 Å². The van der Waals surface area contributed by atoms with Gasteiger partial charge in [-0.1, -0.05) is 6.92 Å². The summed E-state index contributed by atoms with van der Waals surface area (Å²) in [6.07, 6.45) is 2.27. The lowest BCUT2D eigenvalue weighted by atomic mass is 10.3. The molecule has 0 fully saturated rings. The largest absolute Gasteiger partial charge is 0.364 e. The molecule has 0 aromatic carbocycles. The van der Waals surface area contributed by atoms with Crippen LogP contribution in [-0.4, -0.2) is 34.5 Å². The second-order valence-corrected chi connectivity index (χ2v) is 3.76. The normalized spacial score (nSPS) is 10.2. The van der Waals surface area contributed by atoms with Crippen molar-refractivity contribution in [1.29, 1.82) is 0 Å². The molecule has 0 amide bonds. The van der Waals surface area contributed by atoms with Gasteiger partial charge >= 0.3 is 5.69 Å². The van der Waals surface area contributed by atoms with Gasteiger partial charge in [0, 0.05) is 19.6 Å². The van der Waals surface area contributed by atoms with Crippen molar-refractivity contribution in [3.8, 4) is 0 Å². The van der Waals surface area contributed by atoms with Gasteiger partial charge in [0.2, 0.25) is 11.6 Å². The number of nitrogens with zero attached hydrogens (tertiary/aromatic N) is 4. The van der Waals surface area contributed by atoms with Crippen LogP contribution in [0, 0.1) is 10.1 Å². The highest BCUT2D eigenvalue weighted by Crippen LogP contribution is 2.31. The molecule has 7 nitrogen and oxygen atoms in total. The Kier molecular flexibility index (Phi) is 5.29. The minimum Gasteiger partial charge on any atom is -0.364 e. The number of aromatic nitrogens is 2. The zero-order valence-corrected chi connectivity index (χ0v) is 11.0. The molecule has 1 aromatic rings. The van der Waals surface area contributed by atoms with Crippen molar-refractivity contribution in [2.24, 2.45) is 0 Å². The summed E-state index contributed by atoms with van der Waals surface area (Å²) >= 11 is 0. The predicted molar refractivity (Wildman–Crippen MR) is 71.0 cm³/mol. The average molecular weight is 253 g/mol. The molecule has 7 heteroatoms. The topological polar surface area (TPSA) is 84.2 Å². The summed E-state index contributed by atoms with van der Waals surface area (Å²) in [6, 6.07) is 0. The van der Waals surface area contributed by atoms with Crippen LogP contribution in [-0.2, 0) is 0 Å². The van der Waals surface area contributed by atoms with Crippen molar-refractivity contribution in [2.75, 3.05) is 29.9 Å². The van der Waals surface area contributed by atoms with Gasteiger partial charge in [-0.2, -0.15) is 0 Å². The standard InChI is InChI=1S/C11H19N5O2/c1-4-7-15(6-3)11-9(16(17)18)10(12-5-2)13-8-14-11/h8H,4-7H2,1-3H3,(H,12,13,14). The maximum atomic E-state index is 11.2. The van der Waals surface area contributed by atoms with Gasteiger partial charge in [0.05, 0.1) is 4.92 Å². The average Bonchev–Trinajstić information content (AvgIpc) is 2.35. The fourth-order valence-electron chi connectivity index (χ4n) is 1.75. The van der Waals surface area contributed by atoms with E-state index < -0.39 is 4.92 Å². The zero-order valence-electron chi connectivity index (χ0n) is 11.0. The van der Waals surface area contributed by atoms with Gasteiger partial charge in [-0.25, -0.2) is 9.97 Å². The van der Waals surface area contributed by atoms with Crippen LogP contribution >= 0.6 is 0 Å². The first-order valence-corrected chi connectivity index (χ1v) is 6.13. The number of rotatable bonds is 7. The van der Waals surface area contributed by atoms with Crippen LogP contribution in [0.5, 0.6) is 0 Å². The van der Waals surface area contributed by atoms with Crippen molar-refractivity contribution in [1.82, 2.24) is 9.97 Å². The zero-order chi connectivity index (χ0) is 13.5. The van der Waals surface area contributed by atoms with E-state index in [1.807, 2.05) is 25.7 Å². The van der Waals surface area contributed by atoms with Crippen LogP contribution in [0.15, 0.2) is 6.33 Å². The van der Waals surface area contributed by atoms with Gasteiger partial charge in [-0.15, -0.1) is 0 Å². The molecule has 0 radical (unpaired) electrons. The third-order valence-corrected chi connectivity index (χ3v) is 2.50. The fraction of sp³-hybridized carbons (Fsp3) is 0.636. The van der Waals surface area contributed by atoms with Crippen LogP contribution in [0.4, 0.5) is 17.3 Å². The van der Waals surface area contributed by atoms with E-state index in [0.717, 1.165) is 13.0 Å². The minimum absolute atomic E-state index is 0.0466. The van der Waals surface area contributed by atoms with E-state index in [4.69, 9.17) is 0 Å². The first-order valence-electron chi connectivity index (χ1n) is 6.13. The molecule has 0 aliphatic rings.